The van der Waals surface area contributed by atoms with Gasteiger partial charge in [0.2, 0.25) is 11.8 Å². The molecule has 0 saturated carbocycles. The molecule has 8 nitrogen and oxygen atoms in total. The lowest BCUT2D eigenvalue weighted by atomic mass is 9.87. The SMILES string of the molecule is CCC[C@H](N[C@H]1CCc2cc(F)cc(F)c2C1)C(=O)Nc1cn(C(C)(C)C(=O)NCc2ccc(C)o2)cn1. The molecule has 0 saturated heterocycles. The van der Waals surface area contributed by atoms with E-state index in [1.165, 1.54) is 12.4 Å². The van der Waals surface area contributed by atoms with Gasteiger partial charge in [-0.3, -0.25) is 9.59 Å². The van der Waals surface area contributed by atoms with Crippen LogP contribution >= 0.6 is 0 Å². The summed E-state index contributed by atoms with van der Waals surface area (Å²) >= 11 is 0. The van der Waals surface area contributed by atoms with E-state index in [4.69, 9.17) is 4.42 Å². The fraction of sp³-hybridized carbons (Fsp3) is 0.464. The quantitative estimate of drug-likeness (QED) is 0.364. The minimum Gasteiger partial charge on any atom is -0.465 e. The number of anilines is 1. The average Bonchev–Trinajstić information content (AvgIpc) is 3.51. The summed E-state index contributed by atoms with van der Waals surface area (Å²) in [5, 5.41) is 9.08. The van der Waals surface area contributed by atoms with Crippen LogP contribution in [-0.4, -0.2) is 33.4 Å². The van der Waals surface area contributed by atoms with E-state index in [-0.39, 0.29) is 24.4 Å². The molecule has 204 valence electrons. The van der Waals surface area contributed by atoms with Gasteiger partial charge in [-0.25, -0.2) is 13.8 Å². The van der Waals surface area contributed by atoms with Crippen LogP contribution in [0.2, 0.25) is 0 Å². The number of aromatic nitrogens is 2. The van der Waals surface area contributed by atoms with Crippen molar-refractivity contribution in [3.63, 3.8) is 0 Å². The van der Waals surface area contributed by atoms with Crippen LogP contribution in [0.25, 0.3) is 0 Å². The summed E-state index contributed by atoms with van der Waals surface area (Å²) in [7, 11) is 0. The van der Waals surface area contributed by atoms with Gasteiger partial charge in [0.15, 0.2) is 5.82 Å². The highest BCUT2D eigenvalue weighted by Crippen LogP contribution is 2.26. The van der Waals surface area contributed by atoms with E-state index in [9.17, 15) is 18.4 Å². The number of fused-ring (bicyclic) bond motifs is 1. The summed E-state index contributed by atoms with van der Waals surface area (Å²) in [6.07, 6.45) is 6.10. The van der Waals surface area contributed by atoms with Gasteiger partial charge in [-0.2, -0.15) is 0 Å². The first-order chi connectivity index (χ1) is 18.1. The number of nitrogens with zero attached hydrogens (tertiary/aromatic N) is 2. The molecular weight excluding hydrogens is 492 g/mol. The molecule has 0 bridgehead atoms. The number of imidazole rings is 1. The number of aryl methyl sites for hydroxylation is 2. The molecule has 1 aromatic carbocycles. The molecule has 0 spiro atoms. The van der Waals surface area contributed by atoms with Crippen LogP contribution in [0, 0.1) is 18.6 Å². The predicted octanol–water partition coefficient (Wildman–Crippen LogP) is 4.37. The third-order valence-electron chi connectivity index (χ3n) is 7.05. The highest BCUT2D eigenvalue weighted by molar-refractivity contribution is 5.94. The normalized spacial score (nSPS) is 16.1. The van der Waals surface area contributed by atoms with E-state index in [0.717, 1.165) is 18.2 Å². The molecule has 0 radical (unpaired) electrons. The topological polar surface area (TPSA) is 101 Å². The van der Waals surface area contributed by atoms with Crippen molar-refractivity contribution in [1.82, 2.24) is 20.2 Å². The summed E-state index contributed by atoms with van der Waals surface area (Å²) in [6, 6.07) is 5.34. The molecule has 38 heavy (non-hydrogen) atoms. The summed E-state index contributed by atoms with van der Waals surface area (Å²) in [6.45, 7) is 7.61. The molecule has 1 aliphatic carbocycles. The van der Waals surface area contributed by atoms with Crippen LogP contribution < -0.4 is 16.0 Å². The Hall–Kier alpha value is -3.53. The van der Waals surface area contributed by atoms with Crippen LogP contribution in [0.4, 0.5) is 14.6 Å². The zero-order chi connectivity index (χ0) is 27.4. The van der Waals surface area contributed by atoms with Gasteiger partial charge in [0, 0.05) is 18.3 Å². The number of hydrogen-bond acceptors (Lipinski definition) is 5. The van der Waals surface area contributed by atoms with Gasteiger partial charge in [0.05, 0.1) is 18.9 Å². The van der Waals surface area contributed by atoms with Crippen molar-refractivity contribution in [2.75, 3.05) is 5.32 Å². The van der Waals surface area contributed by atoms with E-state index >= 15 is 0 Å². The molecule has 2 aromatic heterocycles. The van der Waals surface area contributed by atoms with Crippen molar-refractivity contribution in [3.8, 4) is 0 Å². The van der Waals surface area contributed by atoms with Crippen molar-refractivity contribution in [3.05, 3.63) is 71.1 Å². The van der Waals surface area contributed by atoms with Crippen LogP contribution in [0.1, 0.15) is 62.7 Å². The van der Waals surface area contributed by atoms with Gasteiger partial charge in [-0.15, -0.1) is 0 Å². The Balaban J connectivity index is 1.37. The number of furan rings is 1. The van der Waals surface area contributed by atoms with Gasteiger partial charge >= 0.3 is 0 Å². The van der Waals surface area contributed by atoms with Crippen LogP contribution in [-0.2, 0) is 34.5 Å². The number of hydrogen-bond donors (Lipinski definition) is 3. The number of rotatable bonds is 10. The van der Waals surface area contributed by atoms with E-state index in [0.29, 0.717) is 48.4 Å². The molecule has 0 unspecified atom stereocenters. The van der Waals surface area contributed by atoms with Gasteiger partial charge in [-0.1, -0.05) is 13.3 Å². The Morgan fingerprint density at radius 3 is 2.76 bits per heavy atom. The molecule has 4 rings (SSSR count). The van der Waals surface area contributed by atoms with E-state index in [1.54, 1.807) is 24.6 Å². The fourth-order valence-corrected chi connectivity index (χ4v) is 4.78. The fourth-order valence-electron chi connectivity index (χ4n) is 4.78. The Labute approximate surface area is 221 Å². The van der Waals surface area contributed by atoms with E-state index in [1.807, 2.05) is 26.0 Å². The van der Waals surface area contributed by atoms with Crippen LogP contribution in [0.5, 0.6) is 0 Å². The summed E-state index contributed by atoms with van der Waals surface area (Å²) in [5.41, 5.74) is 0.235. The van der Waals surface area contributed by atoms with Crippen molar-refractivity contribution in [1.29, 1.82) is 0 Å². The highest BCUT2D eigenvalue weighted by atomic mass is 19.1. The first kappa shape index (κ1) is 27.5. The standard InChI is InChI=1S/C28H35F2N5O3/c1-5-6-24(33-20-9-8-18-11-19(29)12-23(30)22(18)13-20)26(36)34-25-15-35(16-32-25)28(3,4)27(37)31-14-21-10-7-17(2)38-21/h7,10-12,15-16,20,24,33H,5-6,8-9,13-14H2,1-4H3,(H,31,37)(H,34,36)/t20-,24-/m0/s1. The second-order valence-corrected chi connectivity index (χ2v) is 10.4. The Morgan fingerprint density at radius 2 is 2.05 bits per heavy atom. The molecule has 2 heterocycles. The smallest absolute Gasteiger partial charge is 0.246 e. The van der Waals surface area contributed by atoms with E-state index < -0.39 is 23.2 Å². The largest absolute Gasteiger partial charge is 0.465 e. The Morgan fingerprint density at radius 1 is 1.26 bits per heavy atom. The maximum atomic E-state index is 14.3. The number of nitrogens with one attached hydrogen (secondary N) is 3. The summed E-state index contributed by atoms with van der Waals surface area (Å²) < 4.78 is 35.1. The van der Waals surface area contributed by atoms with Crippen molar-refractivity contribution in [2.45, 2.75) is 84.0 Å². The maximum Gasteiger partial charge on any atom is 0.246 e. The number of halogens is 2. The summed E-state index contributed by atoms with van der Waals surface area (Å²) in [5.74, 6) is 0.181. The van der Waals surface area contributed by atoms with Crippen molar-refractivity contribution in [2.24, 2.45) is 0 Å². The molecule has 0 fully saturated rings. The predicted molar refractivity (Wildman–Crippen MR) is 139 cm³/mol. The molecular formula is C28H35F2N5O3. The molecule has 2 atom stereocenters. The Kier molecular flexibility index (Phi) is 8.30. The van der Waals surface area contributed by atoms with Crippen molar-refractivity contribution >= 4 is 17.6 Å². The minimum absolute atomic E-state index is 0.108. The van der Waals surface area contributed by atoms with Gasteiger partial charge in [0.1, 0.15) is 28.7 Å². The first-order valence-electron chi connectivity index (χ1n) is 13.0. The lowest BCUT2D eigenvalue weighted by molar-refractivity contribution is -0.128. The van der Waals surface area contributed by atoms with Crippen LogP contribution in [0.15, 0.2) is 41.2 Å². The van der Waals surface area contributed by atoms with Gasteiger partial charge in [-0.05, 0) is 75.8 Å². The lowest BCUT2D eigenvalue weighted by Crippen LogP contribution is -2.48. The first-order valence-corrected chi connectivity index (χ1v) is 13.0. The van der Waals surface area contributed by atoms with Crippen molar-refractivity contribution < 1.29 is 22.8 Å². The van der Waals surface area contributed by atoms with Crippen LogP contribution in [0.3, 0.4) is 0 Å². The number of benzene rings is 1. The van der Waals surface area contributed by atoms with E-state index in [2.05, 4.69) is 20.9 Å². The highest BCUT2D eigenvalue weighted by Gasteiger charge is 2.31. The monoisotopic (exact) mass is 527 g/mol. The number of amides is 2. The zero-order valence-corrected chi connectivity index (χ0v) is 22.2. The molecule has 1 aliphatic rings. The molecule has 10 heteroatoms. The second-order valence-electron chi connectivity index (χ2n) is 10.4. The number of carbonyl (C=O) groups is 2. The number of carbonyl (C=O) groups excluding carboxylic acids is 2. The Bertz CT molecular complexity index is 1300. The van der Waals surface area contributed by atoms with Gasteiger partial charge in [0.25, 0.3) is 0 Å². The third-order valence-corrected chi connectivity index (χ3v) is 7.05. The molecule has 0 aliphatic heterocycles. The zero-order valence-electron chi connectivity index (χ0n) is 22.2. The maximum absolute atomic E-state index is 14.3. The molecule has 3 aromatic rings. The molecule has 3 N–H and O–H groups in total. The third kappa shape index (κ3) is 6.30. The summed E-state index contributed by atoms with van der Waals surface area (Å²) in [4.78, 5) is 30.3. The average molecular weight is 528 g/mol. The molecule has 2 amide bonds. The lowest BCUT2D eigenvalue weighted by Gasteiger charge is -2.29. The second kappa shape index (κ2) is 11.5. The van der Waals surface area contributed by atoms with Gasteiger partial charge < -0.3 is 24.9 Å². The minimum atomic E-state index is -0.961.